The highest BCUT2D eigenvalue weighted by atomic mass is 32.2. The number of imide groups is 1. The SMILES string of the molecule is COc1ccc(N2C(=O)C3Sc4c(sc(=O)n4CC(=O)Nc4ccccc4C(F)(F)F)C(C)(C)C3C2=O)cc1. The number of hydrogen-bond acceptors (Lipinski definition) is 7. The summed E-state index contributed by atoms with van der Waals surface area (Å²) < 4.78 is 46.4. The lowest BCUT2D eigenvalue weighted by Crippen LogP contribution is -2.42. The van der Waals surface area contributed by atoms with E-state index in [1.54, 1.807) is 38.1 Å². The number of thiazole rings is 1. The summed E-state index contributed by atoms with van der Waals surface area (Å²) in [6.07, 6.45) is -4.68. The second kappa shape index (κ2) is 9.56. The van der Waals surface area contributed by atoms with Crippen LogP contribution < -0.4 is 19.8 Å². The molecule has 0 spiro atoms. The molecular weight excluding hydrogens is 555 g/mol. The molecule has 13 heteroatoms. The molecule has 1 N–H and O–H groups in total. The minimum atomic E-state index is -4.68. The third-order valence-corrected chi connectivity index (χ3v) is 9.67. The van der Waals surface area contributed by atoms with Crippen LogP contribution in [0.1, 0.15) is 24.3 Å². The third kappa shape index (κ3) is 4.52. The van der Waals surface area contributed by atoms with Gasteiger partial charge in [0.15, 0.2) is 0 Å². The molecule has 3 amide bonds. The van der Waals surface area contributed by atoms with Gasteiger partial charge < -0.3 is 10.1 Å². The van der Waals surface area contributed by atoms with Crippen molar-refractivity contribution in [3.8, 4) is 5.75 Å². The van der Waals surface area contributed by atoms with Crippen molar-refractivity contribution in [2.45, 2.75) is 42.3 Å². The molecule has 2 aliphatic rings. The standard InChI is InChI=1S/C26H22F3N3O5S2/c1-25(2)18-19(22(35)32(21(18)34)13-8-10-14(37-3)11-9-13)38-23-20(25)39-24(36)31(23)12-17(33)30-16-7-5-4-6-15(16)26(27,28)29/h4-11,18-19H,12H2,1-3H3,(H,30,33). The van der Waals surface area contributed by atoms with Crippen LogP contribution in [0.2, 0.25) is 0 Å². The van der Waals surface area contributed by atoms with Gasteiger partial charge >= 0.3 is 11.0 Å². The number of fused-ring (bicyclic) bond motifs is 2. The number of para-hydroxylation sites is 1. The van der Waals surface area contributed by atoms with Crippen LogP contribution in [-0.2, 0) is 32.5 Å². The number of methoxy groups -OCH3 is 1. The highest BCUT2D eigenvalue weighted by Crippen LogP contribution is 2.54. The lowest BCUT2D eigenvalue weighted by atomic mass is 9.76. The number of nitrogens with zero attached hydrogens (tertiary/aromatic N) is 2. The molecule has 3 heterocycles. The topological polar surface area (TPSA) is 97.7 Å². The van der Waals surface area contributed by atoms with E-state index in [-0.39, 0.29) is 0 Å². The van der Waals surface area contributed by atoms with Crippen LogP contribution in [0.3, 0.4) is 0 Å². The molecule has 39 heavy (non-hydrogen) atoms. The molecule has 3 aromatic rings. The normalized spacial score (nSPS) is 20.0. The Bertz CT molecular complexity index is 1550. The fourth-order valence-corrected chi connectivity index (χ4v) is 7.96. The highest BCUT2D eigenvalue weighted by Gasteiger charge is 2.59. The number of aromatic nitrogens is 1. The van der Waals surface area contributed by atoms with Crippen LogP contribution >= 0.6 is 23.1 Å². The van der Waals surface area contributed by atoms with Crippen LogP contribution in [0.4, 0.5) is 24.5 Å². The number of alkyl halides is 3. The van der Waals surface area contributed by atoms with E-state index in [1.165, 1.54) is 19.2 Å². The number of hydrogen-bond donors (Lipinski definition) is 1. The molecule has 1 aromatic heterocycles. The maximum atomic E-state index is 13.5. The maximum Gasteiger partial charge on any atom is 0.418 e. The number of halogens is 3. The Balaban J connectivity index is 1.45. The monoisotopic (exact) mass is 577 g/mol. The van der Waals surface area contributed by atoms with Gasteiger partial charge in [-0.25, -0.2) is 4.90 Å². The maximum absolute atomic E-state index is 13.5. The number of rotatable bonds is 5. The number of nitrogens with one attached hydrogen (secondary N) is 1. The fourth-order valence-electron chi connectivity index (χ4n) is 4.92. The van der Waals surface area contributed by atoms with Crippen LogP contribution in [0, 0.1) is 5.92 Å². The average Bonchev–Trinajstić information content (AvgIpc) is 3.32. The Morgan fingerprint density at radius 2 is 1.72 bits per heavy atom. The van der Waals surface area contributed by atoms with Crippen LogP contribution in [0.25, 0.3) is 0 Å². The van der Waals surface area contributed by atoms with E-state index in [4.69, 9.17) is 4.74 Å². The second-order valence-corrected chi connectivity index (χ2v) is 11.7. The highest BCUT2D eigenvalue weighted by molar-refractivity contribution is 8.00. The Morgan fingerprint density at radius 1 is 1.05 bits per heavy atom. The van der Waals surface area contributed by atoms with Gasteiger partial charge in [0.25, 0.3) is 0 Å². The molecule has 0 radical (unpaired) electrons. The summed E-state index contributed by atoms with van der Waals surface area (Å²) in [6.45, 7) is 2.99. The van der Waals surface area contributed by atoms with Gasteiger partial charge in [-0.1, -0.05) is 49.1 Å². The van der Waals surface area contributed by atoms with Gasteiger partial charge in [-0.2, -0.15) is 13.2 Å². The summed E-state index contributed by atoms with van der Waals surface area (Å²) in [7, 11) is 1.50. The van der Waals surface area contributed by atoms with E-state index < -0.39 is 63.1 Å². The summed E-state index contributed by atoms with van der Waals surface area (Å²) in [5, 5.41) is 1.75. The Morgan fingerprint density at radius 3 is 2.36 bits per heavy atom. The van der Waals surface area contributed by atoms with E-state index in [2.05, 4.69) is 5.32 Å². The molecule has 8 nitrogen and oxygen atoms in total. The number of ether oxygens (including phenoxy) is 1. The van der Waals surface area contributed by atoms with Gasteiger partial charge in [-0.05, 0) is 36.4 Å². The summed E-state index contributed by atoms with van der Waals surface area (Å²) in [5.41, 5.74) is -1.97. The van der Waals surface area contributed by atoms with Gasteiger partial charge in [-0.3, -0.25) is 23.7 Å². The molecular formula is C26H22F3N3O5S2. The van der Waals surface area contributed by atoms with E-state index >= 15 is 0 Å². The number of carbonyl (C=O) groups is 3. The second-order valence-electron chi connectivity index (χ2n) is 9.63. The van der Waals surface area contributed by atoms with Gasteiger partial charge in [0.2, 0.25) is 17.7 Å². The van der Waals surface area contributed by atoms with Crippen LogP contribution in [0.5, 0.6) is 5.75 Å². The molecule has 5 rings (SSSR count). The van der Waals surface area contributed by atoms with Gasteiger partial charge in [0.05, 0.1) is 35.0 Å². The zero-order valence-corrected chi connectivity index (χ0v) is 22.5. The van der Waals surface area contributed by atoms with Gasteiger partial charge in [0.1, 0.15) is 17.5 Å². The Kier molecular flexibility index (Phi) is 6.62. The Labute approximate surface area is 228 Å². The summed E-state index contributed by atoms with van der Waals surface area (Å²) in [6, 6.07) is 11.1. The van der Waals surface area contributed by atoms with E-state index in [9.17, 15) is 32.3 Å². The lowest BCUT2D eigenvalue weighted by Gasteiger charge is -2.36. The number of benzene rings is 2. The lowest BCUT2D eigenvalue weighted by molar-refractivity contribution is -0.137. The largest absolute Gasteiger partial charge is 0.497 e. The Hall–Kier alpha value is -3.58. The van der Waals surface area contributed by atoms with Crippen molar-refractivity contribution in [2.24, 2.45) is 5.92 Å². The van der Waals surface area contributed by atoms with Crippen molar-refractivity contribution in [2.75, 3.05) is 17.3 Å². The number of carbonyl (C=O) groups excluding carboxylic acids is 3. The fraction of sp³-hybridized carbons (Fsp3) is 0.308. The smallest absolute Gasteiger partial charge is 0.418 e. The first-order valence-corrected chi connectivity index (χ1v) is 13.4. The predicted octanol–water partition coefficient (Wildman–Crippen LogP) is 4.52. The van der Waals surface area contributed by atoms with Crippen LogP contribution in [-0.4, -0.2) is 34.6 Å². The van der Waals surface area contributed by atoms with Gasteiger partial charge in [0, 0.05) is 10.3 Å². The average molecular weight is 578 g/mol. The third-order valence-electron chi connectivity index (χ3n) is 6.84. The van der Waals surface area contributed by atoms with Crippen LogP contribution in [0.15, 0.2) is 58.4 Å². The van der Waals surface area contributed by atoms with E-state index in [1.807, 2.05) is 0 Å². The minimum Gasteiger partial charge on any atom is -0.497 e. The van der Waals surface area contributed by atoms with Crippen molar-refractivity contribution in [3.63, 3.8) is 0 Å². The van der Waals surface area contributed by atoms with E-state index in [0.717, 1.165) is 44.7 Å². The quantitative estimate of drug-likeness (QED) is 0.448. The summed E-state index contributed by atoms with van der Waals surface area (Å²) in [5.74, 6) is -1.88. The molecule has 204 valence electrons. The first-order chi connectivity index (χ1) is 18.3. The van der Waals surface area contributed by atoms with Crippen molar-refractivity contribution in [1.29, 1.82) is 0 Å². The number of amides is 3. The van der Waals surface area contributed by atoms with Crippen molar-refractivity contribution >= 4 is 52.2 Å². The molecule has 0 saturated carbocycles. The minimum absolute atomic E-state index is 0.355. The first kappa shape index (κ1) is 27.0. The molecule has 2 aliphatic heterocycles. The molecule has 2 aromatic carbocycles. The van der Waals surface area contributed by atoms with Gasteiger partial charge in [-0.15, -0.1) is 0 Å². The number of anilines is 2. The molecule has 0 aliphatic carbocycles. The molecule has 2 atom stereocenters. The van der Waals surface area contributed by atoms with Crippen molar-refractivity contribution in [3.05, 3.63) is 68.6 Å². The molecule has 2 unspecified atom stereocenters. The zero-order valence-electron chi connectivity index (χ0n) is 20.9. The molecule has 0 bridgehead atoms. The van der Waals surface area contributed by atoms with Crippen molar-refractivity contribution < 1.29 is 32.3 Å². The van der Waals surface area contributed by atoms with E-state index in [0.29, 0.717) is 21.3 Å². The molecule has 1 saturated heterocycles. The zero-order chi connectivity index (χ0) is 28.3. The molecule has 1 fully saturated rings. The first-order valence-electron chi connectivity index (χ1n) is 11.7. The summed E-state index contributed by atoms with van der Waals surface area (Å²) in [4.78, 5) is 54.0. The predicted molar refractivity (Wildman–Crippen MR) is 140 cm³/mol. The summed E-state index contributed by atoms with van der Waals surface area (Å²) >= 11 is 1.89. The van der Waals surface area contributed by atoms with Crippen molar-refractivity contribution in [1.82, 2.24) is 4.57 Å². The number of thioether (sulfide) groups is 1.